The van der Waals surface area contributed by atoms with Crippen molar-refractivity contribution in [1.82, 2.24) is 10.2 Å². The minimum atomic E-state index is -1.39. The first-order valence-electron chi connectivity index (χ1n) is 7.31. The van der Waals surface area contributed by atoms with E-state index in [1.807, 2.05) is 0 Å². The van der Waals surface area contributed by atoms with Crippen LogP contribution in [-0.2, 0) is 15.1 Å². The van der Waals surface area contributed by atoms with Gasteiger partial charge in [-0.1, -0.05) is 45.0 Å². The first-order valence-corrected chi connectivity index (χ1v) is 7.31. The number of imide groups is 1. The number of amides is 3. The number of carbonyl (C=O) groups is 3. The second kappa shape index (κ2) is 5.63. The minimum Gasteiger partial charge on any atom is -0.480 e. The van der Waals surface area contributed by atoms with Crippen LogP contribution in [0.1, 0.15) is 31.9 Å². The zero-order chi connectivity index (χ0) is 18.3. The largest absolute Gasteiger partial charge is 0.480 e. The van der Waals surface area contributed by atoms with Gasteiger partial charge >= 0.3 is 12.0 Å². The van der Waals surface area contributed by atoms with Crippen molar-refractivity contribution in [3.05, 3.63) is 35.4 Å². The summed E-state index contributed by atoms with van der Waals surface area (Å²) >= 11 is 0. The summed E-state index contributed by atoms with van der Waals surface area (Å²) in [7, 11) is 0. The van der Waals surface area contributed by atoms with E-state index in [4.69, 9.17) is 16.2 Å². The molecule has 1 aromatic rings. The van der Waals surface area contributed by atoms with Gasteiger partial charge in [0.05, 0.1) is 0 Å². The lowest BCUT2D eigenvalue weighted by molar-refractivity contribution is -0.144. The Hall–Kier alpha value is -2.90. The summed E-state index contributed by atoms with van der Waals surface area (Å²) < 4.78 is 0. The van der Waals surface area contributed by atoms with E-state index in [1.54, 1.807) is 45.0 Å². The highest BCUT2D eigenvalue weighted by Gasteiger charge is 2.59. The van der Waals surface area contributed by atoms with Gasteiger partial charge in [-0.05, 0) is 11.0 Å². The lowest BCUT2D eigenvalue weighted by atomic mass is 9.69. The number of urea groups is 1. The molecule has 24 heavy (non-hydrogen) atoms. The van der Waals surface area contributed by atoms with Gasteiger partial charge in [0.2, 0.25) is 0 Å². The van der Waals surface area contributed by atoms with Crippen LogP contribution in [0.5, 0.6) is 0 Å². The van der Waals surface area contributed by atoms with Crippen LogP contribution in [-0.4, -0.2) is 40.3 Å². The molecule has 1 aliphatic rings. The van der Waals surface area contributed by atoms with Crippen molar-refractivity contribution >= 4 is 23.7 Å². The standard InChI is InChI=1S/C16H20N4O4/c1-15(2,3)16(10-6-4-9(5-7-10)12(17)18)13(23)20(8-11(21)22)14(24)19-16/h4-7H,8H2,1-3H3,(H3,17,18)(H,19,24)(H,21,22)/t16-/m0/s1. The van der Waals surface area contributed by atoms with Crippen LogP contribution in [0.2, 0.25) is 0 Å². The molecule has 0 saturated carbocycles. The average Bonchev–Trinajstić information content (AvgIpc) is 2.72. The average molecular weight is 332 g/mol. The summed E-state index contributed by atoms with van der Waals surface area (Å²) in [6, 6.07) is 5.66. The topological polar surface area (TPSA) is 137 Å². The van der Waals surface area contributed by atoms with Gasteiger partial charge in [0.15, 0.2) is 5.54 Å². The van der Waals surface area contributed by atoms with Gasteiger partial charge in [-0.2, -0.15) is 0 Å². The van der Waals surface area contributed by atoms with E-state index in [-0.39, 0.29) is 5.84 Å². The highest BCUT2D eigenvalue weighted by molar-refractivity contribution is 6.09. The third-order valence-corrected chi connectivity index (χ3v) is 4.15. The van der Waals surface area contributed by atoms with Crippen LogP contribution in [0.15, 0.2) is 24.3 Å². The third-order valence-electron chi connectivity index (χ3n) is 4.15. The molecule has 0 radical (unpaired) electrons. The number of carboxylic acid groups (broad SMARTS) is 1. The molecule has 1 aromatic carbocycles. The highest BCUT2D eigenvalue weighted by Crippen LogP contribution is 2.43. The summed E-state index contributed by atoms with van der Waals surface area (Å²) in [5, 5.41) is 19.0. The summed E-state index contributed by atoms with van der Waals surface area (Å²) in [5.41, 5.74) is 4.32. The molecule has 0 aliphatic carbocycles. The number of hydrogen-bond donors (Lipinski definition) is 4. The number of amidine groups is 1. The fourth-order valence-corrected chi connectivity index (χ4v) is 2.89. The first-order chi connectivity index (χ1) is 11.0. The Morgan fingerprint density at radius 1 is 1.29 bits per heavy atom. The van der Waals surface area contributed by atoms with E-state index < -0.39 is 35.4 Å². The number of rotatable bonds is 4. The van der Waals surface area contributed by atoms with Gasteiger partial charge in [0.1, 0.15) is 12.4 Å². The molecule has 8 heteroatoms. The number of aliphatic carboxylic acids is 1. The molecule has 2 rings (SSSR count). The Balaban J connectivity index is 2.57. The fraction of sp³-hybridized carbons (Fsp3) is 0.375. The summed E-state index contributed by atoms with van der Waals surface area (Å²) in [5.74, 6) is -1.99. The molecule has 3 amide bonds. The van der Waals surface area contributed by atoms with Gasteiger partial charge in [0, 0.05) is 5.56 Å². The lowest BCUT2D eigenvalue weighted by Gasteiger charge is -2.39. The molecule has 1 heterocycles. The SMILES string of the molecule is CC(C)(C)[C@@]1(c2ccc(C(=N)N)cc2)NC(=O)N(CC(=O)O)C1=O. The second-order valence-corrected chi connectivity index (χ2v) is 6.71. The number of carbonyl (C=O) groups excluding carboxylic acids is 2. The Morgan fingerprint density at radius 3 is 2.25 bits per heavy atom. The van der Waals surface area contributed by atoms with E-state index >= 15 is 0 Å². The maximum Gasteiger partial charge on any atom is 0.325 e. The molecule has 0 aromatic heterocycles. The highest BCUT2D eigenvalue weighted by atomic mass is 16.4. The van der Waals surface area contributed by atoms with Crippen molar-refractivity contribution in [2.45, 2.75) is 26.3 Å². The van der Waals surface area contributed by atoms with Crippen molar-refractivity contribution in [2.75, 3.05) is 6.54 Å². The molecule has 128 valence electrons. The van der Waals surface area contributed by atoms with Crippen LogP contribution in [0, 0.1) is 10.8 Å². The van der Waals surface area contributed by atoms with E-state index in [0.717, 1.165) is 0 Å². The van der Waals surface area contributed by atoms with E-state index in [2.05, 4.69) is 5.32 Å². The number of hydrogen-bond acceptors (Lipinski definition) is 4. The van der Waals surface area contributed by atoms with E-state index in [9.17, 15) is 14.4 Å². The summed E-state index contributed by atoms with van der Waals surface area (Å²) in [6.07, 6.45) is 0. The second-order valence-electron chi connectivity index (χ2n) is 6.71. The van der Waals surface area contributed by atoms with Crippen molar-refractivity contribution in [3.63, 3.8) is 0 Å². The van der Waals surface area contributed by atoms with E-state index in [1.165, 1.54) is 0 Å². The molecule has 5 N–H and O–H groups in total. The minimum absolute atomic E-state index is 0.111. The zero-order valence-electron chi connectivity index (χ0n) is 13.7. The van der Waals surface area contributed by atoms with Gasteiger partial charge < -0.3 is 16.2 Å². The third kappa shape index (κ3) is 2.60. The summed E-state index contributed by atoms with van der Waals surface area (Å²) in [4.78, 5) is 36.8. The molecule has 1 atom stereocenters. The summed E-state index contributed by atoms with van der Waals surface area (Å²) in [6.45, 7) is 4.66. The smallest absolute Gasteiger partial charge is 0.325 e. The number of carboxylic acids is 1. The lowest BCUT2D eigenvalue weighted by Crippen LogP contribution is -2.54. The maximum absolute atomic E-state index is 13.0. The van der Waals surface area contributed by atoms with Crippen LogP contribution >= 0.6 is 0 Å². The van der Waals surface area contributed by atoms with Crippen LogP contribution in [0.25, 0.3) is 0 Å². The molecular formula is C16H20N4O4. The van der Waals surface area contributed by atoms with Gasteiger partial charge in [0.25, 0.3) is 5.91 Å². The number of benzene rings is 1. The number of nitrogens with zero attached hydrogens (tertiary/aromatic N) is 1. The Morgan fingerprint density at radius 2 is 1.83 bits per heavy atom. The fourth-order valence-electron chi connectivity index (χ4n) is 2.89. The van der Waals surface area contributed by atoms with Gasteiger partial charge in [-0.3, -0.25) is 19.9 Å². The van der Waals surface area contributed by atoms with Crippen molar-refractivity contribution in [1.29, 1.82) is 5.41 Å². The molecule has 1 fully saturated rings. The predicted molar refractivity (Wildman–Crippen MR) is 86.5 cm³/mol. The van der Waals surface area contributed by atoms with Crippen LogP contribution in [0.3, 0.4) is 0 Å². The number of nitrogen functional groups attached to an aromatic ring is 1. The first kappa shape index (κ1) is 17.5. The quantitative estimate of drug-likeness (QED) is 0.368. The molecule has 0 unspecified atom stereocenters. The van der Waals surface area contributed by atoms with Crippen molar-refractivity contribution < 1.29 is 19.5 Å². The number of nitrogens with two attached hydrogens (primary N) is 1. The normalized spacial score (nSPS) is 20.9. The van der Waals surface area contributed by atoms with E-state index in [0.29, 0.717) is 16.0 Å². The number of nitrogens with one attached hydrogen (secondary N) is 2. The van der Waals surface area contributed by atoms with Gasteiger partial charge in [-0.25, -0.2) is 4.79 Å². The van der Waals surface area contributed by atoms with Crippen LogP contribution < -0.4 is 11.1 Å². The van der Waals surface area contributed by atoms with Crippen molar-refractivity contribution in [3.8, 4) is 0 Å². The maximum atomic E-state index is 13.0. The van der Waals surface area contributed by atoms with Crippen LogP contribution in [0.4, 0.5) is 4.79 Å². The van der Waals surface area contributed by atoms with Gasteiger partial charge in [-0.15, -0.1) is 0 Å². The Kier molecular flexibility index (Phi) is 4.09. The molecule has 8 nitrogen and oxygen atoms in total. The Labute approximate surface area is 139 Å². The molecular weight excluding hydrogens is 312 g/mol. The molecule has 0 bridgehead atoms. The monoisotopic (exact) mass is 332 g/mol. The molecule has 1 aliphatic heterocycles. The predicted octanol–water partition coefficient (Wildman–Crippen LogP) is 0.848. The molecule has 1 saturated heterocycles. The molecule has 0 spiro atoms. The Bertz CT molecular complexity index is 721. The zero-order valence-corrected chi connectivity index (χ0v) is 13.7. The van der Waals surface area contributed by atoms with Crippen molar-refractivity contribution in [2.24, 2.45) is 11.1 Å².